The molecule has 36 heavy (non-hydrogen) atoms. The molecule has 0 spiro atoms. The summed E-state index contributed by atoms with van der Waals surface area (Å²) in [7, 11) is 4.26. The SMILES string of the molecule is COC(=O)C1=C(C)N=c2sc(=Cc3ccc(OC)cc3OC)c(=O)n2C1c1ccc(Cl)c([N+](=O)[O-])c1. The number of halogens is 1. The molecule has 1 atom stereocenters. The van der Waals surface area contributed by atoms with Crippen molar-refractivity contribution in [3.63, 3.8) is 0 Å². The van der Waals surface area contributed by atoms with Crippen LogP contribution in [0.25, 0.3) is 6.08 Å². The minimum Gasteiger partial charge on any atom is -0.497 e. The van der Waals surface area contributed by atoms with Crippen molar-refractivity contribution < 1.29 is 23.9 Å². The van der Waals surface area contributed by atoms with Crippen molar-refractivity contribution in [2.45, 2.75) is 13.0 Å². The van der Waals surface area contributed by atoms with Gasteiger partial charge in [-0.05, 0) is 36.8 Å². The number of methoxy groups -OCH3 is 3. The first-order valence-corrected chi connectivity index (χ1v) is 11.7. The summed E-state index contributed by atoms with van der Waals surface area (Å²) in [5.74, 6) is 0.384. The zero-order chi connectivity index (χ0) is 26.1. The van der Waals surface area contributed by atoms with E-state index in [1.165, 1.54) is 44.1 Å². The van der Waals surface area contributed by atoms with Gasteiger partial charge in [-0.3, -0.25) is 19.5 Å². The van der Waals surface area contributed by atoms with Crippen molar-refractivity contribution >= 4 is 40.7 Å². The van der Waals surface area contributed by atoms with Crippen LogP contribution in [0.2, 0.25) is 5.02 Å². The molecule has 0 bridgehead atoms. The van der Waals surface area contributed by atoms with Gasteiger partial charge in [0.05, 0.1) is 48.1 Å². The summed E-state index contributed by atoms with van der Waals surface area (Å²) in [5.41, 5.74) is 0.585. The molecule has 2 aromatic carbocycles. The molecule has 2 heterocycles. The molecule has 4 rings (SSSR count). The molecule has 0 N–H and O–H groups in total. The topological polar surface area (TPSA) is 122 Å². The van der Waals surface area contributed by atoms with Crippen LogP contribution in [-0.4, -0.2) is 36.8 Å². The lowest BCUT2D eigenvalue weighted by atomic mass is 9.95. The second-order valence-corrected chi connectivity index (χ2v) is 9.07. The van der Waals surface area contributed by atoms with Gasteiger partial charge in [0.1, 0.15) is 16.5 Å². The summed E-state index contributed by atoms with van der Waals surface area (Å²) < 4.78 is 17.3. The Balaban J connectivity index is 1.99. The van der Waals surface area contributed by atoms with Crippen molar-refractivity contribution in [3.8, 4) is 11.5 Å². The minimum atomic E-state index is -1.01. The van der Waals surface area contributed by atoms with E-state index in [0.717, 1.165) is 11.3 Å². The minimum absolute atomic E-state index is 0.0666. The molecule has 1 aliphatic heterocycles. The molecular weight excluding hydrogens is 510 g/mol. The lowest BCUT2D eigenvalue weighted by molar-refractivity contribution is -0.384. The first-order valence-electron chi connectivity index (χ1n) is 10.5. The number of carbonyl (C=O) groups is 1. The van der Waals surface area contributed by atoms with Gasteiger partial charge in [0.25, 0.3) is 11.2 Å². The quantitative estimate of drug-likeness (QED) is 0.273. The van der Waals surface area contributed by atoms with Crippen LogP contribution in [0, 0.1) is 10.1 Å². The molecule has 0 aliphatic carbocycles. The molecule has 0 fully saturated rings. The van der Waals surface area contributed by atoms with Gasteiger partial charge >= 0.3 is 5.97 Å². The molecular formula is C24H20ClN3O7S. The number of rotatable bonds is 6. The average molecular weight is 530 g/mol. The normalized spacial score (nSPS) is 15.2. The number of hydrogen-bond acceptors (Lipinski definition) is 9. The highest BCUT2D eigenvalue weighted by Gasteiger charge is 2.34. The third kappa shape index (κ3) is 4.38. The fourth-order valence-corrected chi connectivity index (χ4v) is 5.15. The summed E-state index contributed by atoms with van der Waals surface area (Å²) in [6.45, 7) is 1.62. The molecule has 0 saturated carbocycles. The first-order chi connectivity index (χ1) is 17.2. The molecule has 0 radical (unpaired) electrons. The molecule has 0 saturated heterocycles. The highest BCUT2D eigenvalue weighted by molar-refractivity contribution is 7.07. The van der Waals surface area contributed by atoms with Crippen molar-refractivity contribution in [1.29, 1.82) is 0 Å². The highest BCUT2D eigenvalue weighted by Crippen LogP contribution is 2.35. The van der Waals surface area contributed by atoms with Gasteiger partial charge in [0.2, 0.25) is 0 Å². The standard InChI is InChI=1S/C24H20ClN3O7S/c1-12-20(23(30)35-4)21(14-6-8-16(25)17(9-14)28(31)32)27-22(29)19(36-24(27)26-12)10-13-5-7-15(33-2)11-18(13)34-3/h5-11,21H,1-4H3. The van der Waals surface area contributed by atoms with E-state index in [2.05, 4.69) is 4.99 Å². The summed E-state index contributed by atoms with van der Waals surface area (Å²) in [5, 5.41) is 11.5. The first kappa shape index (κ1) is 25.1. The third-order valence-electron chi connectivity index (χ3n) is 5.64. The average Bonchev–Trinajstić information content (AvgIpc) is 3.17. The van der Waals surface area contributed by atoms with Gasteiger partial charge < -0.3 is 14.2 Å². The van der Waals surface area contributed by atoms with Crippen LogP contribution in [0.1, 0.15) is 24.1 Å². The Hall–Kier alpha value is -3.96. The highest BCUT2D eigenvalue weighted by atomic mass is 35.5. The Morgan fingerprint density at radius 3 is 2.58 bits per heavy atom. The Bertz CT molecular complexity index is 1610. The number of hydrogen-bond donors (Lipinski definition) is 0. The zero-order valence-electron chi connectivity index (χ0n) is 19.6. The molecule has 0 amide bonds. The monoisotopic (exact) mass is 529 g/mol. The molecule has 1 unspecified atom stereocenters. The lowest BCUT2D eigenvalue weighted by Crippen LogP contribution is -2.39. The lowest BCUT2D eigenvalue weighted by Gasteiger charge is -2.24. The van der Waals surface area contributed by atoms with Gasteiger partial charge in [-0.15, -0.1) is 0 Å². The van der Waals surface area contributed by atoms with Crippen LogP contribution in [0.15, 0.2) is 57.5 Å². The largest absolute Gasteiger partial charge is 0.497 e. The number of aromatic nitrogens is 1. The zero-order valence-corrected chi connectivity index (χ0v) is 21.2. The van der Waals surface area contributed by atoms with E-state index >= 15 is 0 Å². The van der Waals surface area contributed by atoms with Crippen molar-refractivity contribution in [1.82, 2.24) is 4.57 Å². The maximum absolute atomic E-state index is 13.7. The number of ether oxygens (including phenoxy) is 3. The van der Waals surface area contributed by atoms with E-state index in [0.29, 0.717) is 37.7 Å². The number of esters is 1. The van der Waals surface area contributed by atoms with Crippen molar-refractivity contribution in [3.05, 3.63) is 93.6 Å². The Morgan fingerprint density at radius 1 is 1.19 bits per heavy atom. The fraction of sp³-hybridized carbons (Fsp3) is 0.208. The Morgan fingerprint density at radius 2 is 1.94 bits per heavy atom. The second kappa shape index (κ2) is 9.96. The van der Waals surface area contributed by atoms with Gasteiger partial charge in [-0.1, -0.05) is 29.0 Å². The summed E-state index contributed by atoms with van der Waals surface area (Å²) >= 11 is 7.12. The van der Waals surface area contributed by atoms with Crippen LogP contribution >= 0.6 is 22.9 Å². The van der Waals surface area contributed by atoms with E-state index < -0.39 is 22.5 Å². The number of nitrogens with zero attached hydrogens (tertiary/aromatic N) is 3. The smallest absolute Gasteiger partial charge is 0.338 e. The number of nitro benzene ring substituents is 1. The number of nitro groups is 1. The predicted octanol–water partition coefficient (Wildman–Crippen LogP) is 2.99. The predicted molar refractivity (Wildman–Crippen MR) is 133 cm³/mol. The molecule has 3 aromatic rings. The van der Waals surface area contributed by atoms with E-state index in [-0.39, 0.29) is 16.3 Å². The Kier molecular flexibility index (Phi) is 6.95. The number of allylic oxidation sites excluding steroid dienone is 1. The molecule has 12 heteroatoms. The van der Waals surface area contributed by atoms with E-state index in [1.54, 1.807) is 31.2 Å². The van der Waals surface area contributed by atoms with Crippen LogP contribution in [0.5, 0.6) is 11.5 Å². The van der Waals surface area contributed by atoms with Gasteiger partial charge in [-0.2, -0.15) is 0 Å². The maximum Gasteiger partial charge on any atom is 0.338 e. The Labute approximate surface area is 213 Å². The fourth-order valence-electron chi connectivity index (χ4n) is 3.93. The molecule has 10 nitrogen and oxygen atoms in total. The van der Waals surface area contributed by atoms with E-state index in [9.17, 15) is 19.7 Å². The second-order valence-electron chi connectivity index (χ2n) is 7.65. The van der Waals surface area contributed by atoms with Crippen LogP contribution in [0.3, 0.4) is 0 Å². The number of carbonyl (C=O) groups excluding carboxylic acids is 1. The van der Waals surface area contributed by atoms with Crippen LogP contribution < -0.4 is 24.4 Å². The number of fused-ring (bicyclic) bond motifs is 1. The van der Waals surface area contributed by atoms with E-state index in [4.69, 9.17) is 25.8 Å². The van der Waals surface area contributed by atoms with Crippen LogP contribution in [0.4, 0.5) is 5.69 Å². The van der Waals surface area contributed by atoms with Gasteiger partial charge in [-0.25, -0.2) is 9.79 Å². The van der Waals surface area contributed by atoms with Crippen molar-refractivity contribution in [2.24, 2.45) is 4.99 Å². The molecule has 186 valence electrons. The third-order valence-corrected chi connectivity index (χ3v) is 6.94. The van der Waals surface area contributed by atoms with Gasteiger partial charge in [0, 0.05) is 17.7 Å². The molecule has 1 aliphatic rings. The van der Waals surface area contributed by atoms with E-state index in [1.807, 2.05) is 0 Å². The summed E-state index contributed by atoms with van der Waals surface area (Å²) in [4.78, 5) is 42.1. The van der Waals surface area contributed by atoms with Crippen LogP contribution in [-0.2, 0) is 9.53 Å². The number of thiazole rings is 1. The van der Waals surface area contributed by atoms with Crippen molar-refractivity contribution in [2.75, 3.05) is 21.3 Å². The number of benzene rings is 2. The summed E-state index contributed by atoms with van der Waals surface area (Å²) in [6, 6.07) is 8.31. The molecule has 1 aromatic heterocycles. The summed E-state index contributed by atoms with van der Waals surface area (Å²) in [6.07, 6.45) is 1.65. The maximum atomic E-state index is 13.7. The van der Waals surface area contributed by atoms with Gasteiger partial charge in [0.15, 0.2) is 4.80 Å².